The van der Waals surface area contributed by atoms with Gasteiger partial charge < -0.3 is 9.67 Å². The molecule has 108 valence electrons. The molecule has 1 N–H and O–H groups in total. The lowest BCUT2D eigenvalue weighted by atomic mass is 10.1. The molecule has 0 saturated carbocycles. The van der Waals surface area contributed by atoms with Crippen molar-refractivity contribution in [3.8, 4) is 0 Å². The number of imidazole rings is 1. The molecule has 0 aliphatic rings. The van der Waals surface area contributed by atoms with E-state index in [1.54, 1.807) is 0 Å². The summed E-state index contributed by atoms with van der Waals surface area (Å²) in [5.41, 5.74) is 4.17. The lowest BCUT2D eigenvalue weighted by molar-refractivity contribution is -0.137. The van der Waals surface area contributed by atoms with E-state index in [0.29, 0.717) is 5.92 Å². The minimum Gasteiger partial charge on any atom is -0.480 e. The summed E-state index contributed by atoms with van der Waals surface area (Å²) >= 11 is 0. The second-order valence-corrected chi connectivity index (χ2v) is 5.65. The number of benzene rings is 1. The Bertz CT molecular complexity index is 643. The zero-order valence-electron chi connectivity index (χ0n) is 12.6. The topological polar surface area (TPSA) is 55.1 Å². The molecule has 4 nitrogen and oxygen atoms in total. The molecule has 0 bridgehead atoms. The minimum absolute atomic E-state index is 0.0230. The molecule has 0 amide bonds. The Kier molecular flexibility index (Phi) is 4.12. The summed E-state index contributed by atoms with van der Waals surface area (Å²) in [5, 5.41) is 9.14. The fourth-order valence-corrected chi connectivity index (χ4v) is 2.35. The largest absolute Gasteiger partial charge is 0.480 e. The molecule has 20 heavy (non-hydrogen) atoms. The van der Waals surface area contributed by atoms with Crippen molar-refractivity contribution >= 4 is 17.0 Å². The van der Waals surface area contributed by atoms with Gasteiger partial charge in [-0.15, -0.1) is 0 Å². The first-order valence-corrected chi connectivity index (χ1v) is 7.10. The highest BCUT2D eigenvalue weighted by molar-refractivity contribution is 5.80. The van der Waals surface area contributed by atoms with Crippen LogP contribution in [0.4, 0.5) is 0 Å². The molecule has 1 atom stereocenters. The first-order chi connectivity index (χ1) is 9.42. The Balaban J connectivity index is 2.57. The van der Waals surface area contributed by atoms with E-state index in [1.807, 2.05) is 23.6 Å². The third kappa shape index (κ3) is 2.84. The van der Waals surface area contributed by atoms with E-state index in [4.69, 9.17) is 5.11 Å². The summed E-state index contributed by atoms with van der Waals surface area (Å²) in [4.78, 5) is 15.8. The van der Waals surface area contributed by atoms with Crippen molar-refractivity contribution in [2.24, 2.45) is 5.92 Å². The van der Waals surface area contributed by atoms with Crippen molar-refractivity contribution in [1.82, 2.24) is 9.55 Å². The monoisotopic (exact) mass is 274 g/mol. The maximum absolute atomic E-state index is 11.1. The van der Waals surface area contributed by atoms with Crippen molar-refractivity contribution < 1.29 is 9.90 Å². The number of fused-ring (bicyclic) bond motifs is 1. The van der Waals surface area contributed by atoms with Crippen LogP contribution in [-0.2, 0) is 17.8 Å². The van der Waals surface area contributed by atoms with Gasteiger partial charge in [-0.1, -0.05) is 20.3 Å². The molecular formula is C16H22N2O2. The van der Waals surface area contributed by atoms with Crippen LogP contribution >= 0.6 is 0 Å². The molecule has 1 heterocycles. The van der Waals surface area contributed by atoms with Crippen molar-refractivity contribution in [2.75, 3.05) is 0 Å². The molecule has 0 fully saturated rings. The normalized spacial score (nSPS) is 12.8. The number of hydrogen-bond donors (Lipinski definition) is 1. The van der Waals surface area contributed by atoms with Crippen molar-refractivity contribution in [1.29, 1.82) is 0 Å². The van der Waals surface area contributed by atoms with Gasteiger partial charge in [-0.05, 0) is 43.0 Å². The van der Waals surface area contributed by atoms with Crippen LogP contribution < -0.4 is 0 Å². The van der Waals surface area contributed by atoms with Crippen LogP contribution in [0.1, 0.15) is 37.2 Å². The predicted octanol–water partition coefficient (Wildman–Crippen LogP) is 3.33. The molecule has 0 saturated heterocycles. The van der Waals surface area contributed by atoms with Gasteiger partial charge in [-0.2, -0.15) is 0 Å². The SMILES string of the molecule is CCC(C)Cc1nc2cc(C)c(C)cc2n1CC(=O)O. The highest BCUT2D eigenvalue weighted by Crippen LogP contribution is 2.23. The Labute approximate surface area is 119 Å². The predicted molar refractivity (Wildman–Crippen MR) is 80.0 cm³/mol. The highest BCUT2D eigenvalue weighted by Gasteiger charge is 2.15. The van der Waals surface area contributed by atoms with Gasteiger partial charge in [-0.3, -0.25) is 4.79 Å². The Morgan fingerprint density at radius 2 is 2.00 bits per heavy atom. The zero-order chi connectivity index (χ0) is 14.9. The standard InChI is InChI=1S/C16H22N2O2/c1-5-10(2)6-15-17-13-7-11(3)12(4)8-14(13)18(15)9-16(19)20/h7-8,10H,5-6,9H2,1-4H3,(H,19,20). The van der Waals surface area contributed by atoms with E-state index >= 15 is 0 Å². The molecule has 1 aromatic carbocycles. The van der Waals surface area contributed by atoms with E-state index in [0.717, 1.165) is 29.7 Å². The first-order valence-electron chi connectivity index (χ1n) is 7.10. The van der Waals surface area contributed by atoms with Gasteiger partial charge in [0.05, 0.1) is 11.0 Å². The highest BCUT2D eigenvalue weighted by atomic mass is 16.4. The van der Waals surface area contributed by atoms with Gasteiger partial charge in [0.1, 0.15) is 12.4 Å². The smallest absolute Gasteiger partial charge is 0.323 e. The number of carboxylic acid groups (broad SMARTS) is 1. The summed E-state index contributed by atoms with van der Waals surface area (Å²) in [5.74, 6) is 0.552. The summed E-state index contributed by atoms with van der Waals surface area (Å²) < 4.78 is 1.84. The summed E-state index contributed by atoms with van der Waals surface area (Å²) in [7, 11) is 0. The van der Waals surface area contributed by atoms with Crippen LogP contribution in [0, 0.1) is 19.8 Å². The minimum atomic E-state index is -0.826. The van der Waals surface area contributed by atoms with E-state index in [-0.39, 0.29) is 6.54 Å². The van der Waals surface area contributed by atoms with E-state index in [9.17, 15) is 4.79 Å². The van der Waals surface area contributed by atoms with E-state index < -0.39 is 5.97 Å². The van der Waals surface area contributed by atoms with Gasteiger partial charge in [-0.25, -0.2) is 4.98 Å². The van der Waals surface area contributed by atoms with Crippen LogP contribution in [0.25, 0.3) is 11.0 Å². The number of carbonyl (C=O) groups is 1. The van der Waals surface area contributed by atoms with Crippen molar-refractivity contribution in [3.63, 3.8) is 0 Å². The number of hydrogen-bond acceptors (Lipinski definition) is 2. The fourth-order valence-electron chi connectivity index (χ4n) is 2.35. The number of nitrogens with zero attached hydrogens (tertiary/aromatic N) is 2. The second-order valence-electron chi connectivity index (χ2n) is 5.65. The molecule has 0 aliphatic carbocycles. The molecule has 4 heteroatoms. The van der Waals surface area contributed by atoms with Crippen molar-refractivity contribution in [2.45, 2.75) is 47.1 Å². The second kappa shape index (κ2) is 5.65. The lowest BCUT2D eigenvalue weighted by Gasteiger charge is -2.10. The Hall–Kier alpha value is -1.84. The van der Waals surface area contributed by atoms with Crippen LogP contribution in [0.15, 0.2) is 12.1 Å². The van der Waals surface area contributed by atoms with Crippen LogP contribution in [-0.4, -0.2) is 20.6 Å². The number of carboxylic acids is 1. The van der Waals surface area contributed by atoms with Crippen molar-refractivity contribution in [3.05, 3.63) is 29.1 Å². The van der Waals surface area contributed by atoms with Gasteiger partial charge in [0.15, 0.2) is 0 Å². The zero-order valence-corrected chi connectivity index (χ0v) is 12.6. The molecule has 0 aliphatic heterocycles. The maximum Gasteiger partial charge on any atom is 0.323 e. The van der Waals surface area contributed by atoms with E-state index in [1.165, 1.54) is 11.1 Å². The molecular weight excluding hydrogens is 252 g/mol. The third-order valence-corrected chi connectivity index (χ3v) is 3.96. The first kappa shape index (κ1) is 14.6. The fraction of sp³-hybridized carbons (Fsp3) is 0.500. The maximum atomic E-state index is 11.1. The quantitative estimate of drug-likeness (QED) is 0.910. The lowest BCUT2D eigenvalue weighted by Crippen LogP contribution is -2.14. The van der Waals surface area contributed by atoms with Crippen LogP contribution in [0.2, 0.25) is 0 Å². The van der Waals surface area contributed by atoms with Gasteiger partial charge in [0.2, 0.25) is 0 Å². The van der Waals surface area contributed by atoms with Gasteiger partial charge in [0.25, 0.3) is 0 Å². The number of aryl methyl sites for hydroxylation is 2. The van der Waals surface area contributed by atoms with Crippen LogP contribution in [0.3, 0.4) is 0 Å². The number of aliphatic carboxylic acids is 1. The molecule has 2 aromatic rings. The summed E-state index contributed by atoms with van der Waals surface area (Å²) in [6, 6.07) is 4.09. The molecule has 1 unspecified atom stereocenters. The Morgan fingerprint density at radius 3 is 2.60 bits per heavy atom. The summed E-state index contributed by atoms with van der Waals surface area (Å²) in [6.45, 7) is 8.38. The van der Waals surface area contributed by atoms with Crippen LogP contribution in [0.5, 0.6) is 0 Å². The number of rotatable bonds is 5. The average molecular weight is 274 g/mol. The molecule has 1 aromatic heterocycles. The van der Waals surface area contributed by atoms with Gasteiger partial charge in [0, 0.05) is 6.42 Å². The Morgan fingerprint density at radius 1 is 1.35 bits per heavy atom. The average Bonchev–Trinajstić information content (AvgIpc) is 2.67. The molecule has 2 rings (SSSR count). The van der Waals surface area contributed by atoms with E-state index in [2.05, 4.69) is 25.8 Å². The summed E-state index contributed by atoms with van der Waals surface area (Å²) in [6.07, 6.45) is 1.88. The third-order valence-electron chi connectivity index (χ3n) is 3.96. The molecule has 0 radical (unpaired) electrons. The number of aromatic nitrogens is 2. The molecule has 0 spiro atoms. The van der Waals surface area contributed by atoms with Gasteiger partial charge >= 0.3 is 5.97 Å².